The number of aliphatic hydroxyl groups is 6. The highest BCUT2D eigenvalue weighted by Gasteiger charge is 2.52. The van der Waals surface area contributed by atoms with Crippen molar-refractivity contribution in [2.45, 2.75) is 204 Å². The molecule has 1 aliphatic carbocycles. The van der Waals surface area contributed by atoms with E-state index in [4.69, 9.17) is 33.2 Å². The molecular formula is C39H72N4O16. The van der Waals surface area contributed by atoms with Crippen molar-refractivity contribution in [3.8, 4) is 0 Å². The first-order valence-corrected chi connectivity index (χ1v) is 20.5. The summed E-state index contributed by atoms with van der Waals surface area (Å²) in [6.45, 7) is 18.4. The number of alkyl carbamates (subject to hydrolysis) is 3. The molecule has 59 heavy (non-hydrogen) atoms. The number of hydrogen-bond donors (Lipinski definition) is 10. The van der Waals surface area contributed by atoms with Crippen molar-refractivity contribution < 1.29 is 78.2 Å². The van der Waals surface area contributed by atoms with Crippen LogP contribution >= 0.6 is 0 Å². The number of ether oxygens (including phenoxy) is 7. The smallest absolute Gasteiger partial charge is 0.408 e. The van der Waals surface area contributed by atoms with E-state index in [0.717, 1.165) is 0 Å². The third kappa shape index (κ3) is 16.0. The van der Waals surface area contributed by atoms with Gasteiger partial charge in [-0.25, -0.2) is 14.4 Å². The largest absolute Gasteiger partial charge is 0.444 e. The Kier molecular flexibility index (Phi) is 18.4. The number of hydrogen-bond acceptors (Lipinski definition) is 17. The van der Waals surface area contributed by atoms with Crippen molar-refractivity contribution in [2.24, 2.45) is 5.92 Å². The standard InChI is InChI=1S/C39H72N4O16/c1-12-13-23-26(46)27(47)25(41-17-20(44)14-15-40-34(50)57-37(3,4)5)32(54-23)56-31-21(42-35(51)58-38(6,7)8)16-19(2)30(29(31)49)55-33-28(48)24(22(45)18-53-33)43-36(52)59-39(9,10)11/h19-33,41,44-49H,12-18H2,1-11H3,(H,40,50)(H,42,51)(H,43,52). The molecule has 0 spiro atoms. The zero-order chi connectivity index (χ0) is 44.6. The lowest BCUT2D eigenvalue weighted by molar-refractivity contribution is -0.316. The number of aliphatic hydroxyl groups excluding tert-OH is 6. The van der Waals surface area contributed by atoms with Crippen LogP contribution in [0.5, 0.6) is 0 Å². The van der Waals surface area contributed by atoms with E-state index in [9.17, 15) is 45.0 Å². The number of carbonyl (C=O) groups excluding carboxylic acids is 3. The number of carbonyl (C=O) groups is 3. The summed E-state index contributed by atoms with van der Waals surface area (Å²) in [6, 6.07) is -3.37. The molecule has 344 valence electrons. The first kappa shape index (κ1) is 50.7. The monoisotopic (exact) mass is 852 g/mol. The quantitative estimate of drug-likeness (QED) is 0.107. The molecule has 1 saturated carbocycles. The minimum absolute atomic E-state index is 0.0740. The highest BCUT2D eigenvalue weighted by atomic mass is 16.7. The van der Waals surface area contributed by atoms with E-state index in [1.807, 2.05) is 6.92 Å². The molecule has 15 unspecified atom stereocenters. The van der Waals surface area contributed by atoms with E-state index >= 15 is 0 Å². The fourth-order valence-electron chi connectivity index (χ4n) is 7.08. The van der Waals surface area contributed by atoms with Gasteiger partial charge < -0.3 is 85.1 Å². The van der Waals surface area contributed by atoms with Crippen LogP contribution < -0.4 is 21.3 Å². The highest BCUT2D eigenvalue weighted by molar-refractivity contribution is 5.69. The van der Waals surface area contributed by atoms with Crippen LogP contribution in [0.15, 0.2) is 0 Å². The Balaban J connectivity index is 1.86. The Labute approximate surface area is 347 Å². The number of rotatable bonds is 14. The van der Waals surface area contributed by atoms with Gasteiger partial charge in [0.1, 0.15) is 53.4 Å². The maximum Gasteiger partial charge on any atom is 0.408 e. The van der Waals surface area contributed by atoms with Gasteiger partial charge in [0.15, 0.2) is 12.6 Å². The predicted molar refractivity (Wildman–Crippen MR) is 210 cm³/mol. The minimum atomic E-state index is -1.62. The van der Waals surface area contributed by atoms with Crippen LogP contribution in [0.1, 0.15) is 102 Å². The molecule has 15 atom stereocenters. The van der Waals surface area contributed by atoms with E-state index in [2.05, 4.69) is 21.3 Å². The van der Waals surface area contributed by atoms with Gasteiger partial charge in [0.2, 0.25) is 0 Å². The second kappa shape index (κ2) is 21.4. The van der Waals surface area contributed by atoms with Gasteiger partial charge in [-0.2, -0.15) is 0 Å². The average molecular weight is 853 g/mol. The molecule has 3 rings (SSSR count). The van der Waals surface area contributed by atoms with Gasteiger partial charge in [-0.3, -0.25) is 0 Å². The summed E-state index contributed by atoms with van der Waals surface area (Å²) in [7, 11) is 0. The predicted octanol–water partition coefficient (Wildman–Crippen LogP) is 0.503. The Morgan fingerprint density at radius 1 is 0.729 bits per heavy atom. The van der Waals surface area contributed by atoms with Gasteiger partial charge in [0.05, 0.1) is 43.0 Å². The van der Waals surface area contributed by atoms with Crippen LogP contribution in [0.4, 0.5) is 14.4 Å². The van der Waals surface area contributed by atoms with Crippen molar-refractivity contribution in [1.29, 1.82) is 0 Å². The third-order valence-electron chi connectivity index (χ3n) is 9.73. The Bertz CT molecular complexity index is 1340. The molecule has 3 amide bonds. The normalized spacial score (nSPS) is 34.9. The molecule has 0 bridgehead atoms. The highest BCUT2D eigenvalue weighted by Crippen LogP contribution is 2.35. The van der Waals surface area contributed by atoms with Crippen LogP contribution in [0.25, 0.3) is 0 Å². The van der Waals surface area contributed by atoms with Crippen molar-refractivity contribution in [1.82, 2.24) is 21.3 Å². The van der Waals surface area contributed by atoms with Crippen molar-refractivity contribution >= 4 is 18.3 Å². The van der Waals surface area contributed by atoms with Gasteiger partial charge in [0.25, 0.3) is 0 Å². The van der Waals surface area contributed by atoms with Crippen LogP contribution in [0.2, 0.25) is 0 Å². The Morgan fingerprint density at radius 3 is 1.86 bits per heavy atom. The fraction of sp³-hybridized carbons (Fsp3) is 0.923. The van der Waals surface area contributed by atoms with Crippen LogP contribution in [-0.2, 0) is 33.2 Å². The van der Waals surface area contributed by atoms with Gasteiger partial charge in [-0.1, -0.05) is 20.3 Å². The molecule has 2 saturated heterocycles. The summed E-state index contributed by atoms with van der Waals surface area (Å²) < 4.78 is 40.6. The van der Waals surface area contributed by atoms with E-state index in [1.54, 1.807) is 69.2 Å². The molecule has 20 heteroatoms. The lowest BCUT2D eigenvalue weighted by atomic mass is 9.80. The van der Waals surface area contributed by atoms with Crippen molar-refractivity contribution in [3.63, 3.8) is 0 Å². The SMILES string of the molecule is CCCC1OC(OC2C(NC(=O)OC(C)(C)C)CC(C)C(OC3OCC(O)C(NC(=O)OC(C)(C)C)C3O)C2O)C(NCC(O)CCNC(=O)OC(C)(C)C)C(O)C1O. The van der Waals surface area contributed by atoms with E-state index in [-0.39, 0.29) is 32.5 Å². The third-order valence-corrected chi connectivity index (χ3v) is 9.73. The molecule has 0 aromatic heterocycles. The van der Waals surface area contributed by atoms with Crippen molar-refractivity contribution in [2.75, 3.05) is 19.7 Å². The zero-order valence-electron chi connectivity index (χ0n) is 36.4. The van der Waals surface area contributed by atoms with Gasteiger partial charge in [-0.05, 0) is 87.5 Å². The van der Waals surface area contributed by atoms with Gasteiger partial charge in [0, 0.05) is 13.1 Å². The molecule has 10 N–H and O–H groups in total. The lowest BCUT2D eigenvalue weighted by Crippen LogP contribution is -2.68. The lowest BCUT2D eigenvalue weighted by Gasteiger charge is -2.49. The van der Waals surface area contributed by atoms with Gasteiger partial charge in [-0.15, -0.1) is 0 Å². The van der Waals surface area contributed by atoms with E-state index in [0.29, 0.717) is 12.8 Å². The molecule has 2 aliphatic heterocycles. The second-order valence-electron chi connectivity index (χ2n) is 18.7. The molecule has 0 radical (unpaired) electrons. The topological polar surface area (TPSA) is 285 Å². The molecule has 2 heterocycles. The summed E-state index contributed by atoms with van der Waals surface area (Å²) in [5, 5.41) is 78.0. The van der Waals surface area contributed by atoms with E-state index in [1.165, 1.54) is 0 Å². The second-order valence-corrected chi connectivity index (χ2v) is 18.7. The molecule has 0 aromatic carbocycles. The Morgan fingerprint density at radius 2 is 1.29 bits per heavy atom. The van der Waals surface area contributed by atoms with E-state index < -0.39 is 127 Å². The molecule has 3 fully saturated rings. The van der Waals surface area contributed by atoms with Crippen LogP contribution in [-0.4, -0.2) is 171 Å². The fourth-order valence-corrected chi connectivity index (χ4v) is 7.08. The summed E-state index contributed by atoms with van der Waals surface area (Å²) in [5.74, 6) is -0.532. The van der Waals surface area contributed by atoms with Gasteiger partial charge >= 0.3 is 18.3 Å². The number of amides is 3. The summed E-state index contributed by atoms with van der Waals surface area (Å²) in [6.07, 6.45) is -15.8. The number of nitrogens with one attached hydrogen (secondary N) is 4. The molecule has 0 aromatic rings. The molecule has 20 nitrogen and oxygen atoms in total. The molecular weight excluding hydrogens is 780 g/mol. The zero-order valence-corrected chi connectivity index (χ0v) is 36.4. The maximum atomic E-state index is 13.1. The maximum absolute atomic E-state index is 13.1. The summed E-state index contributed by atoms with van der Waals surface area (Å²) in [5.41, 5.74) is -2.43. The first-order valence-electron chi connectivity index (χ1n) is 20.5. The Hall–Kier alpha value is -2.63. The summed E-state index contributed by atoms with van der Waals surface area (Å²) >= 11 is 0. The van der Waals surface area contributed by atoms with Crippen LogP contribution in [0.3, 0.4) is 0 Å². The first-order chi connectivity index (χ1) is 27.2. The molecule has 3 aliphatic rings. The van der Waals surface area contributed by atoms with Crippen LogP contribution in [0, 0.1) is 5.92 Å². The summed E-state index contributed by atoms with van der Waals surface area (Å²) in [4.78, 5) is 37.8. The van der Waals surface area contributed by atoms with Crippen molar-refractivity contribution in [3.05, 3.63) is 0 Å². The average Bonchev–Trinajstić information content (AvgIpc) is 3.07. The minimum Gasteiger partial charge on any atom is -0.444 e.